The quantitative estimate of drug-likeness (QED) is 0.0635. The number of aromatic nitrogens is 1. The Labute approximate surface area is 225 Å². The molecule has 0 saturated carbocycles. The highest BCUT2D eigenvalue weighted by Crippen LogP contribution is 2.29. The number of Topliss-reactive ketones (excluding diaryl/α,β-unsaturated/α-hetero) is 1. The fourth-order valence-electron chi connectivity index (χ4n) is 3.47. The molecule has 0 aliphatic carbocycles. The summed E-state index contributed by atoms with van der Waals surface area (Å²) in [4.78, 5) is 15.2. The van der Waals surface area contributed by atoms with E-state index in [2.05, 4.69) is 24.7 Å². The van der Waals surface area contributed by atoms with Gasteiger partial charge in [-0.15, -0.1) is 0 Å². The third-order valence-electron chi connectivity index (χ3n) is 5.56. The lowest BCUT2D eigenvalue weighted by atomic mass is 10.0. The molecule has 9 heteroatoms. The molecule has 0 saturated heterocycles. The van der Waals surface area contributed by atoms with Crippen LogP contribution in [0.1, 0.15) is 16.1 Å². The largest absolute Gasteiger partial charge is 0.493 e. The highest BCUT2D eigenvalue weighted by atomic mass is 35.5. The van der Waals surface area contributed by atoms with Crippen molar-refractivity contribution < 1.29 is 19.0 Å². The monoisotopic (exact) mass is 541 g/mol. The van der Waals surface area contributed by atoms with Crippen LogP contribution < -0.4 is 9.47 Å². The second-order valence-electron chi connectivity index (χ2n) is 10.2. The molecule has 0 aliphatic rings. The van der Waals surface area contributed by atoms with Crippen LogP contribution >= 0.6 is 11.6 Å². The Kier molecular flexibility index (Phi) is 9.97. The number of ketones is 1. The van der Waals surface area contributed by atoms with Crippen LogP contribution in [0.4, 0.5) is 0 Å². The maximum atomic E-state index is 13.4. The summed E-state index contributed by atoms with van der Waals surface area (Å²) in [5.74, 6) is 1.07. The molecule has 37 heavy (non-hydrogen) atoms. The molecule has 0 N–H and O–H groups in total. The zero-order valence-electron chi connectivity index (χ0n) is 22.5. The van der Waals surface area contributed by atoms with Crippen LogP contribution in [0, 0.1) is 0 Å². The second-order valence-corrected chi connectivity index (χ2v) is 16.3. The lowest BCUT2D eigenvalue weighted by molar-refractivity contribution is 0.0205. The van der Waals surface area contributed by atoms with Crippen LogP contribution in [0.2, 0.25) is 30.7 Å². The van der Waals surface area contributed by atoms with Crippen molar-refractivity contribution in [3.05, 3.63) is 71.0 Å². The summed E-state index contributed by atoms with van der Waals surface area (Å²) in [5.41, 5.74) is 3.13. The Hall–Kier alpha value is -3.07. The Morgan fingerprint density at radius 1 is 1.05 bits per heavy atom. The first-order valence-electron chi connectivity index (χ1n) is 12.2. The van der Waals surface area contributed by atoms with E-state index < -0.39 is 8.07 Å². The number of carbonyl (C=O) groups excluding carboxylic acids is 1. The van der Waals surface area contributed by atoms with Crippen LogP contribution in [-0.4, -0.2) is 64.4 Å². The molecule has 1 aromatic heterocycles. The van der Waals surface area contributed by atoms with Gasteiger partial charge >= 0.3 is 0 Å². The first-order chi connectivity index (χ1) is 17.6. The van der Waals surface area contributed by atoms with Gasteiger partial charge in [0.2, 0.25) is 0 Å². The molecule has 2 aromatic carbocycles. The van der Waals surface area contributed by atoms with E-state index >= 15 is 0 Å². The van der Waals surface area contributed by atoms with Crippen LogP contribution in [-0.2, 0) is 11.2 Å². The number of methoxy groups -OCH3 is 1. The zero-order chi connectivity index (χ0) is 27.0. The molecule has 1 heterocycles. The van der Waals surface area contributed by atoms with Crippen LogP contribution in [0.15, 0.2) is 59.8 Å². The Morgan fingerprint density at radius 2 is 1.78 bits per heavy atom. The number of hydrogen-bond acceptors (Lipinski definition) is 5. The van der Waals surface area contributed by atoms with E-state index in [9.17, 15) is 4.79 Å². The van der Waals surface area contributed by atoms with Crippen LogP contribution in [0.25, 0.3) is 11.1 Å². The number of benzene rings is 2. The first-order valence-corrected chi connectivity index (χ1v) is 16.2. The normalized spacial score (nSPS) is 11.6. The van der Waals surface area contributed by atoms with E-state index in [-0.39, 0.29) is 19.0 Å². The number of halogens is 1. The van der Waals surface area contributed by atoms with Gasteiger partial charge in [-0.2, -0.15) is 5.10 Å². The van der Waals surface area contributed by atoms with E-state index in [4.69, 9.17) is 25.8 Å². The number of ether oxygens (including phenoxy) is 3. The van der Waals surface area contributed by atoms with Gasteiger partial charge in [0, 0.05) is 52.0 Å². The van der Waals surface area contributed by atoms with E-state index in [1.54, 1.807) is 18.1 Å². The predicted octanol–water partition coefficient (Wildman–Crippen LogP) is 6.29. The lowest BCUT2D eigenvalue weighted by Gasteiger charge is -2.16. The highest BCUT2D eigenvalue weighted by Gasteiger charge is 2.17. The molecule has 0 unspecified atom stereocenters. The van der Waals surface area contributed by atoms with Gasteiger partial charge in [-0.05, 0) is 47.5 Å². The minimum absolute atomic E-state index is 0.0680. The summed E-state index contributed by atoms with van der Waals surface area (Å²) >= 11 is 6.04. The van der Waals surface area contributed by atoms with E-state index in [0.717, 1.165) is 22.7 Å². The zero-order valence-corrected chi connectivity index (χ0v) is 24.2. The lowest BCUT2D eigenvalue weighted by Crippen LogP contribution is -2.22. The summed E-state index contributed by atoms with van der Waals surface area (Å²) in [7, 11) is 4.19. The predicted molar refractivity (Wildman–Crippen MR) is 153 cm³/mol. The molecule has 0 fully saturated rings. The molecule has 0 spiro atoms. The van der Waals surface area contributed by atoms with Gasteiger partial charge in [0.25, 0.3) is 0 Å². The molecule has 7 nitrogen and oxygen atoms in total. The molecule has 3 aromatic rings. The number of nitrogens with zero attached hydrogens (tertiary/aromatic N) is 3. The van der Waals surface area contributed by atoms with E-state index in [0.29, 0.717) is 28.8 Å². The minimum atomic E-state index is -1.15. The van der Waals surface area contributed by atoms with Crippen LogP contribution in [0.5, 0.6) is 11.5 Å². The molecule has 0 bridgehead atoms. The number of carbonyl (C=O) groups is 1. The molecular formula is C28H36ClN3O4Si. The van der Waals surface area contributed by atoms with E-state index in [1.807, 2.05) is 73.7 Å². The second kappa shape index (κ2) is 12.9. The van der Waals surface area contributed by atoms with Gasteiger partial charge < -0.3 is 19.1 Å². The van der Waals surface area contributed by atoms with Gasteiger partial charge in [0.15, 0.2) is 24.1 Å². The molecule has 0 radical (unpaired) electrons. The van der Waals surface area contributed by atoms with Crippen LogP contribution in [0.3, 0.4) is 0 Å². The van der Waals surface area contributed by atoms with Crippen molar-refractivity contribution in [2.24, 2.45) is 5.10 Å². The van der Waals surface area contributed by atoms with Crippen molar-refractivity contribution in [2.75, 3.05) is 34.6 Å². The van der Waals surface area contributed by atoms with E-state index in [1.165, 1.54) is 0 Å². The average molecular weight is 542 g/mol. The van der Waals surface area contributed by atoms with Crippen molar-refractivity contribution in [3.63, 3.8) is 0 Å². The summed E-state index contributed by atoms with van der Waals surface area (Å²) in [5, 5.41) is 5.12. The minimum Gasteiger partial charge on any atom is -0.493 e. The van der Waals surface area contributed by atoms with Crippen molar-refractivity contribution >= 4 is 31.8 Å². The maximum Gasteiger partial charge on any atom is 0.189 e. The topological polar surface area (TPSA) is 65.3 Å². The fourth-order valence-corrected chi connectivity index (χ4v) is 4.36. The van der Waals surface area contributed by atoms with Crippen molar-refractivity contribution in [1.82, 2.24) is 9.58 Å². The van der Waals surface area contributed by atoms with Gasteiger partial charge in [-0.1, -0.05) is 49.4 Å². The molecular weight excluding hydrogens is 506 g/mol. The third-order valence-corrected chi connectivity index (χ3v) is 7.51. The third kappa shape index (κ3) is 8.77. The average Bonchev–Trinajstić information content (AvgIpc) is 3.27. The van der Waals surface area contributed by atoms with Crippen molar-refractivity contribution in [2.45, 2.75) is 32.1 Å². The van der Waals surface area contributed by atoms with Crippen molar-refractivity contribution in [3.8, 4) is 22.6 Å². The molecule has 3 rings (SSSR count). The van der Waals surface area contributed by atoms with Gasteiger partial charge in [-0.25, -0.2) is 4.68 Å². The summed E-state index contributed by atoms with van der Waals surface area (Å²) in [6.45, 7) is 7.77. The Bertz CT molecular complexity index is 1220. The molecule has 0 aliphatic heterocycles. The molecule has 198 valence electrons. The fraction of sp³-hybridized carbons (Fsp3) is 0.357. The smallest absolute Gasteiger partial charge is 0.189 e. The standard InChI is InChI=1S/C28H36ClN3O4Si/c1-31(2)19-30-32-18-23(22-8-10-24(29)11-9-22)17-25(32)26(33)15-21-7-12-27(28(16-21)34-3)36-20-35-13-14-37(4,5)6/h7-12,16-19H,13-15,20H2,1-6H3/b30-19-. The van der Waals surface area contributed by atoms with Gasteiger partial charge in [0.05, 0.1) is 7.11 Å². The van der Waals surface area contributed by atoms with Crippen molar-refractivity contribution in [1.29, 1.82) is 0 Å². The Morgan fingerprint density at radius 3 is 2.43 bits per heavy atom. The first kappa shape index (κ1) is 28.5. The van der Waals surface area contributed by atoms with Gasteiger partial charge in [0.1, 0.15) is 12.0 Å². The summed E-state index contributed by atoms with van der Waals surface area (Å²) in [6.07, 6.45) is 3.68. The highest BCUT2D eigenvalue weighted by molar-refractivity contribution is 6.76. The maximum absolute atomic E-state index is 13.4. The molecule has 0 atom stereocenters. The summed E-state index contributed by atoms with van der Waals surface area (Å²) in [6, 6.07) is 15.9. The summed E-state index contributed by atoms with van der Waals surface area (Å²) < 4.78 is 18.5. The SMILES string of the molecule is COc1cc(CC(=O)c2cc(-c3ccc(Cl)cc3)cn2/N=C\N(C)C)ccc1OCOCC[Si](C)(C)C. The van der Waals surface area contributed by atoms with Gasteiger partial charge in [-0.3, -0.25) is 4.79 Å². The number of rotatable bonds is 13. The molecule has 0 amide bonds. The Balaban J connectivity index is 1.74. The number of hydrogen-bond donors (Lipinski definition) is 0.